The molecular formula is C20H9Cl2O5-. The fourth-order valence-electron chi connectivity index (χ4n) is 3.09. The van der Waals surface area contributed by atoms with Crippen molar-refractivity contribution in [2.75, 3.05) is 0 Å². The molecule has 0 amide bonds. The van der Waals surface area contributed by atoms with Crippen LogP contribution in [-0.2, 0) is 0 Å². The van der Waals surface area contributed by atoms with Crippen LogP contribution in [0.3, 0.4) is 0 Å². The Kier molecular flexibility index (Phi) is 4.06. The lowest BCUT2D eigenvalue weighted by Gasteiger charge is -2.19. The highest BCUT2D eigenvalue weighted by molar-refractivity contribution is 6.37. The van der Waals surface area contributed by atoms with E-state index in [0.717, 1.165) is 0 Å². The maximum atomic E-state index is 12.0. The zero-order valence-electron chi connectivity index (χ0n) is 13.5. The standard InChI is InChI=1S/C20H10Cl2O5/c21-16-13(23)7-5-11-15(9-3-1-2-4-10(9)20(25)26)12-6-8-14(24)17(22)19(12)27-18(11)16/h1-8,23H,(H,25,26)/p-1. The van der Waals surface area contributed by atoms with Gasteiger partial charge >= 0.3 is 5.97 Å². The average Bonchev–Trinajstić information content (AvgIpc) is 2.66. The van der Waals surface area contributed by atoms with Gasteiger partial charge in [0.25, 0.3) is 0 Å². The van der Waals surface area contributed by atoms with Gasteiger partial charge in [-0.1, -0.05) is 59.3 Å². The second kappa shape index (κ2) is 6.30. The Bertz CT molecular complexity index is 1260. The van der Waals surface area contributed by atoms with E-state index < -0.39 is 17.1 Å². The summed E-state index contributed by atoms with van der Waals surface area (Å²) in [6.45, 7) is 0. The monoisotopic (exact) mass is 399 g/mol. The molecule has 0 spiro atoms. The second-order valence-corrected chi connectivity index (χ2v) is 6.59. The Hall–Kier alpha value is -3.02. The summed E-state index contributed by atoms with van der Waals surface area (Å²) < 4.78 is 5.72. The zero-order chi connectivity index (χ0) is 19.3. The van der Waals surface area contributed by atoms with Crippen LogP contribution in [0.25, 0.3) is 33.4 Å². The summed E-state index contributed by atoms with van der Waals surface area (Å²) in [5, 5.41) is 21.7. The number of carboxylic acid groups (broad SMARTS) is 1. The van der Waals surface area contributed by atoms with E-state index in [0.29, 0.717) is 22.1 Å². The molecule has 0 saturated carbocycles. The SMILES string of the molecule is O=C(O)c1ccccc1-c1c2ccc(=O)c(Cl)c-2oc2c(Cl)c([O-])ccc12. The summed E-state index contributed by atoms with van der Waals surface area (Å²) in [7, 11) is 0. The van der Waals surface area contributed by atoms with Gasteiger partial charge in [0, 0.05) is 16.5 Å². The van der Waals surface area contributed by atoms with Crippen molar-refractivity contribution in [2.45, 2.75) is 0 Å². The predicted molar refractivity (Wildman–Crippen MR) is 101 cm³/mol. The topological polar surface area (TPSA) is 90.6 Å². The fourth-order valence-corrected chi connectivity index (χ4v) is 3.50. The first-order valence-corrected chi connectivity index (χ1v) is 8.53. The molecule has 0 radical (unpaired) electrons. The highest BCUT2D eigenvalue weighted by atomic mass is 35.5. The third-order valence-corrected chi connectivity index (χ3v) is 5.01. The van der Waals surface area contributed by atoms with E-state index in [1.54, 1.807) is 18.2 Å². The summed E-state index contributed by atoms with van der Waals surface area (Å²) >= 11 is 12.3. The van der Waals surface area contributed by atoms with Crippen LogP contribution < -0.4 is 10.5 Å². The van der Waals surface area contributed by atoms with Crippen LogP contribution in [0, 0.1) is 0 Å². The molecule has 4 rings (SSSR count). The smallest absolute Gasteiger partial charge is 0.336 e. The molecule has 0 aromatic heterocycles. The minimum Gasteiger partial charge on any atom is -0.871 e. The molecule has 1 aliphatic carbocycles. The highest BCUT2D eigenvalue weighted by Gasteiger charge is 2.24. The van der Waals surface area contributed by atoms with Crippen LogP contribution in [0.1, 0.15) is 10.4 Å². The molecule has 1 aliphatic heterocycles. The molecule has 2 aromatic carbocycles. The zero-order valence-corrected chi connectivity index (χ0v) is 15.0. The number of aromatic carboxylic acids is 1. The quantitative estimate of drug-likeness (QED) is 0.495. The number of halogens is 2. The van der Waals surface area contributed by atoms with E-state index in [-0.39, 0.29) is 27.0 Å². The van der Waals surface area contributed by atoms with Crippen molar-refractivity contribution >= 4 is 40.1 Å². The third-order valence-electron chi connectivity index (χ3n) is 4.29. The van der Waals surface area contributed by atoms with Gasteiger partial charge in [0.1, 0.15) is 5.02 Å². The number of carboxylic acids is 1. The minimum absolute atomic E-state index is 0.0411. The number of benzene rings is 3. The molecule has 1 N–H and O–H groups in total. The van der Waals surface area contributed by atoms with Crippen LogP contribution in [0.4, 0.5) is 0 Å². The molecule has 2 aliphatic rings. The molecule has 2 aromatic rings. The van der Waals surface area contributed by atoms with Gasteiger partial charge in [0.2, 0.25) is 5.43 Å². The Labute approximate surface area is 162 Å². The Morgan fingerprint density at radius 3 is 2.44 bits per heavy atom. The van der Waals surface area contributed by atoms with E-state index in [4.69, 9.17) is 27.6 Å². The lowest BCUT2D eigenvalue weighted by atomic mass is 9.91. The van der Waals surface area contributed by atoms with Gasteiger partial charge < -0.3 is 14.6 Å². The highest BCUT2D eigenvalue weighted by Crippen LogP contribution is 2.45. The third kappa shape index (κ3) is 2.63. The van der Waals surface area contributed by atoms with Crippen molar-refractivity contribution in [2.24, 2.45) is 0 Å². The average molecular weight is 400 g/mol. The number of carbonyl (C=O) groups is 1. The van der Waals surface area contributed by atoms with Crippen molar-refractivity contribution in [1.29, 1.82) is 0 Å². The van der Waals surface area contributed by atoms with Crippen molar-refractivity contribution in [3.63, 3.8) is 0 Å². The van der Waals surface area contributed by atoms with Gasteiger partial charge in [0.15, 0.2) is 11.3 Å². The fraction of sp³-hybridized carbons (Fsp3) is 0. The van der Waals surface area contributed by atoms with Gasteiger partial charge in [0.05, 0.1) is 10.6 Å². The lowest BCUT2D eigenvalue weighted by Crippen LogP contribution is -2.05. The summed E-state index contributed by atoms with van der Waals surface area (Å²) in [5.41, 5.74) is 0.929. The summed E-state index contributed by atoms with van der Waals surface area (Å²) in [5.74, 6) is -1.54. The Balaban J connectivity index is 2.29. The van der Waals surface area contributed by atoms with Gasteiger partial charge in [-0.25, -0.2) is 4.79 Å². The largest absolute Gasteiger partial charge is 0.871 e. The number of rotatable bonds is 2. The van der Waals surface area contributed by atoms with Crippen LogP contribution in [0.15, 0.2) is 57.7 Å². The summed E-state index contributed by atoms with van der Waals surface area (Å²) in [6.07, 6.45) is 0. The maximum absolute atomic E-state index is 12.0. The van der Waals surface area contributed by atoms with Gasteiger partial charge in [-0.15, -0.1) is 0 Å². The van der Waals surface area contributed by atoms with Crippen LogP contribution in [-0.4, -0.2) is 11.1 Å². The lowest BCUT2D eigenvalue weighted by molar-refractivity contribution is -0.268. The normalized spacial score (nSPS) is 11.2. The minimum atomic E-state index is -1.12. The molecule has 0 bridgehead atoms. The molecule has 0 unspecified atom stereocenters. The number of hydrogen-bond donors (Lipinski definition) is 1. The number of hydrogen-bond acceptors (Lipinski definition) is 4. The molecule has 0 atom stereocenters. The molecule has 1 heterocycles. The van der Waals surface area contributed by atoms with Crippen molar-refractivity contribution < 1.29 is 19.4 Å². The molecule has 27 heavy (non-hydrogen) atoms. The number of fused-ring (bicyclic) bond motifs is 2. The molecule has 0 fully saturated rings. The van der Waals surface area contributed by atoms with Gasteiger partial charge in [-0.2, -0.15) is 0 Å². The molecule has 134 valence electrons. The first-order chi connectivity index (χ1) is 12.9. The van der Waals surface area contributed by atoms with Crippen LogP contribution in [0.5, 0.6) is 5.75 Å². The first-order valence-electron chi connectivity index (χ1n) is 7.77. The van der Waals surface area contributed by atoms with E-state index in [2.05, 4.69) is 0 Å². The van der Waals surface area contributed by atoms with Gasteiger partial charge in [-0.3, -0.25) is 4.79 Å². The van der Waals surface area contributed by atoms with Gasteiger partial charge in [-0.05, 0) is 23.8 Å². The Morgan fingerprint density at radius 1 is 0.963 bits per heavy atom. The van der Waals surface area contributed by atoms with Crippen LogP contribution in [0.2, 0.25) is 10.0 Å². The first kappa shape index (κ1) is 17.4. The van der Waals surface area contributed by atoms with E-state index in [1.807, 2.05) is 0 Å². The summed E-state index contributed by atoms with van der Waals surface area (Å²) in [6, 6.07) is 12.0. The van der Waals surface area contributed by atoms with Crippen LogP contribution >= 0.6 is 23.2 Å². The molecule has 7 heteroatoms. The van der Waals surface area contributed by atoms with E-state index in [1.165, 1.54) is 30.3 Å². The predicted octanol–water partition coefficient (Wildman–Crippen LogP) is 4.64. The second-order valence-electron chi connectivity index (χ2n) is 5.84. The molecule has 5 nitrogen and oxygen atoms in total. The molecular weight excluding hydrogens is 391 g/mol. The van der Waals surface area contributed by atoms with Crippen molar-refractivity contribution in [3.8, 4) is 28.2 Å². The van der Waals surface area contributed by atoms with E-state index in [9.17, 15) is 19.8 Å². The van der Waals surface area contributed by atoms with Crippen molar-refractivity contribution in [1.82, 2.24) is 0 Å². The van der Waals surface area contributed by atoms with Crippen molar-refractivity contribution in [3.05, 3.63) is 74.4 Å². The summed E-state index contributed by atoms with van der Waals surface area (Å²) in [4.78, 5) is 23.7. The Morgan fingerprint density at radius 2 is 1.70 bits per heavy atom. The molecule has 0 saturated heterocycles. The van der Waals surface area contributed by atoms with E-state index >= 15 is 0 Å². The maximum Gasteiger partial charge on any atom is 0.336 e.